The monoisotopic (exact) mass is 713 g/mol. The molecule has 2 atom stereocenters. The predicted molar refractivity (Wildman–Crippen MR) is 158 cm³/mol. The van der Waals surface area contributed by atoms with E-state index in [4.69, 9.17) is 9.73 Å². The molecule has 0 unspecified atom stereocenters. The number of aliphatic imine (C=N–C) groups is 1. The van der Waals surface area contributed by atoms with Gasteiger partial charge in [0.1, 0.15) is 11.3 Å². The molecular formula is C34H36N3O2Pt-. The summed E-state index contributed by atoms with van der Waals surface area (Å²) in [5.41, 5.74) is 8.06. The fourth-order valence-corrected chi connectivity index (χ4v) is 6.42. The first-order chi connectivity index (χ1) is 18.6. The number of para-hydroxylation sites is 1. The van der Waals surface area contributed by atoms with Gasteiger partial charge in [-0.3, -0.25) is 0 Å². The smallest absolute Gasteiger partial charge is 0.217 e. The molecule has 0 amide bonds. The van der Waals surface area contributed by atoms with Gasteiger partial charge >= 0.3 is 0 Å². The molecule has 1 aliphatic carbocycles. The number of benzene rings is 3. The van der Waals surface area contributed by atoms with E-state index >= 15 is 0 Å². The third-order valence-corrected chi connectivity index (χ3v) is 8.77. The summed E-state index contributed by atoms with van der Waals surface area (Å²) in [5.74, 6) is 2.08. The quantitative estimate of drug-likeness (QED) is 0.218. The number of nitrogens with zero attached hydrogens (tertiary/aromatic N) is 3. The summed E-state index contributed by atoms with van der Waals surface area (Å²) in [5, 5.41) is 11.1. The number of aryl methyl sites for hydroxylation is 2. The number of fused-ring (bicyclic) bond motifs is 2. The third kappa shape index (κ3) is 4.83. The Hall–Kier alpha value is -3.17. The van der Waals surface area contributed by atoms with Gasteiger partial charge < -0.3 is 19.7 Å². The van der Waals surface area contributed by atoms with Gasteiger partial charge in [0.2, 0.25) is 5.88 Å². The minimum absolute atomic E-state index is 0. The van der Waals surface area contributed by atoms with E-state index < -0.39 is 0 Å². The van der Waals surface area contributed by atoms with Gasteiger partial charge in [-0.2, -0.15) is 0 Å². The Bertz CT molecular complexity index is 1600. The number of rotatable bonds is 4. The number of hydrogen-bond acceptors (Lipinski definition) is 5. The van der Waals surface area contributed by atoms with Crippen molar-refractivity contribution in [1.29, 1.82) is 0 Å². The molecule has 3 aromatic carbocycles. The van der Waals surface area contributed by atoms with E-state index in [-0.39, 0.29) is 38.3 Å². The van der Waals surface area contributed by atoms with Crippen molar-refractivity contribution < 1.29 is 30.9 Å². The van der Waals surface area contributed by atoms with E-state index in [1.807, 2.05) is 36.4 Å². The second-order valence-electron chi connectivity index (χ2n) is 11.9. The zero-order valence-electron chi connectivity index (χ0n) is 24.0. The van der Waals surface area contributed by atoms with Crippen molar-refractivity contribution in [3.8, 4) is 17.4 Å². The predicted octanol–water partition coefficient (Wildman–Crippen LogP) is 7.98. The molecule has 4 aromatic rings. The number of amidine groups is 1. The van der Waals surface area contributed by atoms with Crippen molar-refractivity contribution in [2.24, 2.45) is 10.4 Å². The molecule has 1 saturated carbocycles. The molecule has 5 nitrogen and oxygen atoms in total. The van der Waals surface area contributed by atoms with Gasteiger partial charge in [-0.15, -0.1) is 23.8 Å². The summed E-state index contributed by atoms with van der Waals surface area (Å²) in [4.78, 5) is 12.5. The number of ether oxygens (including phenoxy) is 1. The molecule has 210 valence electrons. The van der Waals surface area contributed by atoms with E-state index in [1.54, 1.807) is 6.07 Å². The molecule has 6 heteroatoms. The first-order valence-corrected chi connectivity index (χ1v) is 13.9. The summed E-state index contributed by atoms with van der Waals surface area (Å²) < 4.78 is 6.18. The number of pyridine rings is 1. The molecule has 1 fully saturated rings. The Kier molecular flexibility index (Phi) is 7.56. The first-order valence-electron chi connectivity index (χ1n) is 13.9. The minimum atomic E-state index is 0. The van der Waals surface area contributed by atoms with Crippen molar-refractivity contribution >= 4 is 22.4 Å². The number of anilines is 1. The van der Waals surface area contributed by atoms with Crippen LogP contribution in [0.5, 0.6) is 17.4 Å². The fourth-order valence-electron chi connectivity index (χ4n) is 6.42. The Morgan fingerprint density at radius 1 is 0.975 bits per heavy atom. The Balaban J connectivity index is 0.00000323. The van der Waals surface area contributed by atoms with Gasteiger partial charge in [0.15, 0.2) is 0 Å². The molecule has 6 rings (SSSR count). The molecule has 1 N–H and O–H groups in total. The molecular weight excluding hydrogens is 677 g/mol. The van der Waals surface area contributed by atoms with Gasteiger partial charge in [0.05, 0.1) is 11.9 Å². The van der Waals surface area contributed by atoms with Crippen molar-refractivity contribution in [2.45, 2.75) is 72.9 Å². The van der Waals surface area contributed by atoms with Crippen LogP contribution in [0, 0.1) is 39.2 Å². The Morgan fingerprint density at radius 2 is 1.70 bits per heavy atom. The van der Waals surface area contributed by atoms with Crippen molar-refractivity contribution in [3.63, 3.8) is 0 Å². The van der Waals surface area contributed by atoms with E-state index in [0.29, 0.717) is 23.2 Å². The minimum Gasteiger partial charge on any atom is -0.506 e. The molecule has 0 saturated heterocycles. The van der Waals surface area contributed by atoms with Gasteiger partial charge in [-0.05, 0) is 80.3 Å². The Labute approximate surface area is 251 Å². The number of aromatic nitrogens is 1. The van der Waals surface area contributed by atoms with Crippen molar-refractivity contribution in [3.05, 3.63) is 88.5 Å². The molecule has 1 aliphatic heterocycles. The average molecular weight is 714 g/mol. The van der Waals surface area contributed by atoms with Crippen LogP contribution in [-0.4, -0.2) is 28.0 Å². The number of aromatic hydroxyl groups is 1. The van der Waals surface area contributed by atoms with E-state index in [2.05, 4.69) is 69.6 Å². The number of hydrogen-bond donors (Lipinski definition) is 1. The Morgan fingerprint density at radius 3 is 2.45 bits per heavy atom. The van der Waals surface area contributed by atoms with Crippen LogP contribution in [0.2, 0.25) is 0 Å². The maximum absolute atomic E-state index is 10.3. The second kappa shape index (κ2) is 10.7. The van der Waals surface area contributed by atoms with Crippen LogP contribution >= 0.6 is 0 Å². The van der Waals surface area contributed by atoms with Gasteiger partial charge in [-0.25, -0.2) is 4.98 Å². The summed E-state index contributed by atoms with van der Waals surface area (Å²) in [6.07, 6.45) is 3.49. The van der Waals surface area contributed by atoms with Gasteiger partial charge in [0.25, 0.3) is 0 Å². The molecule has 2 aliphatic rings. The van der Waals surface area contributed by atoms with E-state index in [0.717, 1.165) is 23.2 Å². The summed E-state index contributed by atoms with van der Waals surface area (Å²) in [6, 6.07) is 21.4. The van der Waals surface area contributed by atoms with Crippen LogP contribution < -0.4 is 9.64 Å². The number of phenolic OH excluding ortho intramolecular Hbond substituents is 1. The van der Waals surface area contributed by atoms with Crippen LogP contribution in [-0.2, 0) is 21.1 Å². The zero-order valence-corrected chi connectivity index (χ0v) is 26.3. The number of phenols is 1. The topological polar surface area (TPSA) is 58.0 Å². The van der Waals surface area contributed by atoms with Crippen LogP contribution in [0.3, 0.4) is 0 Å². The van der Waals surface area contributed by atoms with Crippen molar-refractivity contribution in [1.82, 2.24) is 4.98 Å². The SMILES string of the molecule is Cc1cc(C)c(C)c(N2C(c3[c-]c(Oc4ccc5cccc(O)c5n4)ccc3)=N[C@@H]3[C@H]2CCCC3(C)C)c1C.[Pt]. The standard InChI is InChI=1S/C34H36N3O2.Pt/c1-20-18-21(2)23(4)31(22(20)3)37-27-13-9-17-34(5,6)32(27)36-33(37)25-11-7-12-26(19-25)39-29-16-15-24-10-8-14-28(38)30(24)35-29;/h7-8,10-12,14-16,18,27,32,38H,9,13,17H2,1-6H3;/q-1;/t27-,32-;/m1./s1. The van der Waals surface area contributed by atoms with E-state index in [9.17, 15) is 5.11 Å². The van der Waals surface area contributed by atoms with Crippen LogP contribution in [0.25, 0.3) is 10.9 Å². The molecule has 0 radical (unpaired) electrons. The van der Waals surface area contributed by atoms with Crippen LogP contribution in [0.4, 0.5) is 5.69 Å². The van der Waals surface area contributed by atoms with Crippen LogP contribution in [0.1, 0.15) is 60.9 Å². The zero-order chi connectivity index (χ0) is 27.5. The van der Waals surface area contributed by atoms with Gasteiger partial charge in [0, 0.05) is 50.0 Å². The summed E-state index contributed by atoms with van der Waals surface area (Å²) in [6.45, 7) is 13.6. The summed E-state index contributed by atoms with van der Waals surface area (Å²) in [7, 11) is 0. The maximum Gasteiger partial charge on any atom is 0.217 e. The molecule has 0 bridgehead atoms. The first kappa shape index (κ1) is 28.4. The van der Waals surface area contributed by atoms with Crippen LogP contribution in [0.15, 0.2) is 59.6 Å². The molecule has 0 spiro atoms. The second-order valence-corrected chi connectivity index (χ2v) is 11.9. The fraction of sp³-hybridized carbons (Fsp3) is 0.353. The molecule has 2 heterocycles. The maximum atomic E-state index is 10.3. The normalized spacial score (nSPS) is 19.6. The average Bonchev–Trinajstić information content (AvgIpc) is 3.29. The largest absolute Gasteiger partial charge is 0.506 e. The molecule has 40 heavy (non-hydrogen) atoms. The third-order valence-electron chi connectivity index (χ3n) is 8.77. The summed E-state index contributed by atoms with van der Waals surface area (Å²) >= 11 is 0. The van der Waals surface area contributed by atoms with E-state index in [1.165, 1.54) is 40.8 Å². The molecule has 1 aromatic heterocycles. The van der Waals surface area contributed by atoms with Gasteiger partial charge in [-0.1, -0.05) is 44.5 Å². The van der Waals surface area contributed by atoms with Crippen molar-refractivity contribution in [2.75, 3.05) is 4.90 Å².